The minimum atomic E-state index is -4.65. The third-order valence-corrected chi connectivity index (χ3v) is 2.48. The topological polar surface area (TPSA) is 64.9 Å². The highest BCUT2D eigenvalue weighted by Gasteiger charge is 2.34. The number of nitrogens with zero attached hydrogens (tertiary/aromatic N) is 1. The smallest absolute Gasteiger partial charge is 0.397 e. The number of nitrogens with two attached hydrogens (primary N) is 2. The SMILES string of the molecule is Fc1ncccc1C(F)(F)F.Nc1cc(F)c(Cl)cc1N. The van der Waals surface area contributed by atoms with Gasteiger partial charge in [0, 0.05) is 12.3 Å². The predicted molar refractivity (Wildman–Crippen MR) is 69.4 cm³/mol. The van der Waals surface area contributed by atoms with Crippen molar-refractivity contribution in [3.63, 3.8) is 0 Å². The minimum Gasteiger partial charge on any atom is -0.397 e. The van der Waals surface area contributed by atoms with Crippen molar-refractivity contribution in [3.05, 3.63) is 52.8 Å². The van der Waals surface area contributed by atoms with Crippen LogP contribution in [0.3, 0.4) is 0 Å². The second-order valence-electron chi connectivity index (χ2n) is 3.73. The Balaban J connectivity index is 0.000000211. The van der Waals surface area contributed by atoms with E-state index in [1.807, 2.05) is 0 Å². The summed E-state index contributed by atoms with van der Waals surface area (Å²) in [6.07, 6.45) is -3.69. The van der Waals surface area contributed by atoms with E-state index in [1.165, 1.54) is 6.07 Å². The van der Waals surface area contributed by atoms with Gasteiger partial charge < -0.3 is 11.5 Å². The Morgan fingerprint density at radius 2 is 1.62 bits per heavy atom. The average Bonchev–Trinajstić information content (AvgIpc) is 2.36. The summed E-state index contributed by atoms with van der Waals surface area (Å²) in [5, 5.41) is -0.00769. The van der Waals surface area contributed by atoms with Gasteiger partial charge in [0.2, 0.25) is 5.95 Å². The van der Waals surface area contributed by atoms with Crippen molar-refractivity contribution >= 4 is 23.0 Å². The van der Waals surface area contributed by atoms with Gasteiger partial charge in [0.1, 0.15) is 11.4 Å². The Morgan fingerprint density at radius 3 is 2.05 bits per heavy atom. The van der Waals surface area contributed by atoms with Crippen LogP contribution in [0.2, 0.25) is 5.02 Å². The Bertz CT molecular complexity index is 581. The van der Waals surface area contributed by atoms with Crippen LogP contribution in [0.5, 0.6) is 0 Å². The molecule has 0 radical (unpaired) electrons. The number of rotatable bonds is 0. The Hall–Kier alpha value is -2.09. The highest BCUT2D eigenvalue weighted by molar-refractivity contribution is 6.31. The van der Waals surface area contributed by atoms with Gasteiger partial charge in [-0.2, -0.15) is 17.6 Å². The van der Waals surface area contributed by atoms with E-state index in [0.717, 1.165) is 18.3 Å². The third kappa shape index (κ3) is 4.75. The minimum absolute atomic E-state index is 0.00769. The number of hydrogen-bond acceptors (Lipinski definition) is 3. The summed E-state index contributed by atoms with van der Waals surface area (Å²) in [5.74, 6) is -2.03. The van der Waals surface area contributed by atoms with Gasteiger partial charge in [-0.05, 0) is 18.2 Å². The van der Waals surface area contributed by atoms with Crippen LogP contribution in [-0.4, -0.2) is 4.98 Å². The van der Waals surface area contributed by atoms with Crippen LogP contribution in [-0.2, 0) is 6.18 Å². The van der Waals surface area contributed by atoms with Crippen LogP contribution < -0.4 is 11.5 Å². The molecule has 0 saturated carbocycles. The Labute approximate surface area is 121 Å². The van der Waals surface area contributed by atoms with Crippen molar-refractivity contribution in [1.29, 1.82) is 0 Å². The molecule has 114 valence electrons. The first-order valence-corrected chi connectivity index (χ1v) is 5.68. The van der Waals surface area contributed by atoms with E-state index in [1.54, 1.807) is 0 Å². The van der Waals surface area contributed by atoms with E-state index in [-0.39, 0.29) is 10.7 Å². The van der Waals surface area contributed by atoms with Crippen molar-refractivity contribution in [2.24, 2.45) is 0 Å². The normalized spacial score (nSPS) is 10.8. The zero-order chi connectivity index (χ0) is 16.2. The molecule has 0 aliphatic rings. The Morgan fingerprint density at radius 1 is 1.05 bits per heavy atom. The summed E-state index contributed by atoms with van der Waals surface area (Å²) in [7, 11) is 0. The van der Waals surface area contributed by atoms with Crippen molar-refractivity contribution in [2.75, 3.05) is 11.5 Å². The molecule has 2 aromatic rings. The monoisotopic (exact) mass is 325 g/mol. The lowest BCUT2D eigenvalue weighted by atomic mass is 10.3. The maximum atomic E-state index is 12.5. The van der Waals surface area contributed by atoms with Crippen molar-refractivity contribution < 1.29 is 22.0 Å². The number of anilines is 2. The van der Waals surface area contributed by atoms with Crippen LogP contribution in [0.15, 0.2) is 30.5 Å². The molecule has 0 aliphatic heterocycles. The quantitative estimate of drug-likeness (QED) is 0.439. The van der Waals surface area contributed by atoms with Crippen LogP contribution in [0, 0.1) is 11.8 Å². The van der Waals surface area contributed by atoms with E-state index in [2.05, 4.69) is 4.98 Å². The maximum Gasteiger partial charge on any atom is 0.420 e. The molecule has 9 heteroatoms. The largest absolute Gasteiger partial charge is 0.420 e. The third-order valence-electron chi connectivity index (χ3n) is 2.19. The van der Waals surface area contributed by atoms with Gasteiger partial charge in [0.15, 0.2) is 0 Å². The van der Waals surface area contributed by atoms with E-state index in [0.29, 0.717) is 11.8 Å². The van der Waals surface area contributed by atoms with E-state index in [4.69, 9.17) is 23.1 Å². The van der Waals surface area contributed by atoms with Crippen LogP contribution in [0.4, 0.5) is 33.3 Å². The van der Waals surface area contributed by atoms with Gasteiger partial charge in [-0.1, -0.05) is 11.6 Å². The van der Waals surface area contributed by atoms with E-state index >= 15 is 0 Å². The molecule has 0 unspecified atom stereocenters. The van der Waals surface area contributed by atoms with Crippen LogP contribution in [0.25, 0.3) is 0 Å². The molecule has 0 saturated heterocycles. The van der Waals surface area contributed by atoms with Gasteiger partial charge in [-0.25, -0.2) is 9.37 Å². The molecule has 0 bridgehead atoms. The molecule has 1 aromatic carbocycles. The zero-order valence-corrected chi connectivity index (χ0v) is 11.0. The second kappa shape index (κ2) is 6.57. The lowest BCUT2D eigenvalue weighted by molar-refractivity contribution is -0.140. The highest BCUT2D eigenvalue weighted by Crippen LogP contribution is 2.29. The molecule has 0 amide bonds. The standard InChI is InChI=1S/C6H6ClFN2.C6H3F4N/c7-3-1-5(9)6(10)2-4(3)8;7-5-4(6(8,9)10)2-1-3-11-5/h1-2H,9-10H2;1-3H. The summed E-state index contributed by atoms with van der Waals surface area (Å²) in [5.41, 5.74) is 9.75. The molecule has 1 aromatic heterocycles. The second-order valence-corrected chi connectivity index (χ2v) is 4.14. The number of nitrogen functional groups attached to an aromatic ring is 2. The number of halogens is 6. The molecule has 4 N–H and O–H groups in total. The van der Waals surface area contributed by atoms with Crippen molar-refractivity contribution in [1.82, 2.24) is 4.98 Å². The first kappa shape index (κ1) is 17.0. The van der Waals surface area contributed by atoms with Gasteiger partial charge in [0.05, 0.1) is 16.4 Å². The number of alkyl halides is 3. The lowest BCUT2D eigenvalue weighted by Gasteiger charge is -2.04. The summed E-state index contributed by atoms with van der Waals surface area (Å²) >= 11 is 5.38. The molecule has 0 atom stereocenters. The molecule has 2 rings (SSSR count). The summed E-state index contributed by atoms with van der Waals surface area (Å²) in [6, 6.07) is 4.05. The first-order valence-electron chi connectivity index (χ1n) is 5.30. The summed E-state index contributed by atoms with van der Waals surface area (Å²) < 4.78 is 60.1. The number of benzene rings is 1. The maximum absolute atomic E-state index is 12.5. The van der Waals surface area contributed by atoms with Gasteiger partial charge in [-0.3, -0.25) is 0 Å². The molecular formula is C12H9ClF5N3. The number of aromatic nitrogens is 1. The fourth-order valence-corrected chi connectivity index (χ4v) is 1.35. The molecule has 0 fully saturated rings. The highest BCUT2D eigenvalue weighted by atomic mass is 35.5. The zero-order valence-electron chi connectivity index (χ0n) is 10.3. The molecule has 1 heterocycles. The van der Waals surface area contributed by atoms with Crippen LogP contribution >= 0.6 is 11.6 Å². The van der Waals surface area contributed by atoms with Gasteiger partial charge in [0.25, 0.3) is 0 Å². The predicted octanol–water partition coefficient (Wildman–Crippen LogP) is 3.88. The molecular weight excluding hydrogens is 317 g/mol. The van der Waals surface area contributed by atoms with Crippen molar-refractivity contribution in [2.45, 2.75) is 6.18 Å². The fourth-order valence-electron chi connectivity index (χ4n) is 1.18. The summed E-state index contributed by atoms with van der Waals surface area (Å²) in [6.45, 7) is 0. The summed E-state index contributed by atoms with van der Waals surface area (Å²) in [4.78, 5) is 2.86. The first-order chi connectivity index (χ1) is 9.62. The van der Waals surface area contributed by atoms with Gasteiger partial charge in [-0.15, -0.1) is 0 Å². The molecule has 0 aliphatic carbocycles. The molecule has 0 spiro atoms. The fraction of sp³-hybridized carbons (Fsp3) is 0.0833. The average molecular weight is 326 g/mol. The van der Waals surface area contributed by atoms with E-state index in [9.17, 15) is 22.0 Å². The van der Waals surface area contributed by atoms with E-state index < -0.39 is 23.5 Å². The Kier molecular flexibility index (Phi) is 5.31. The lowest BCUT2D eigenvalue weighted by Crippen LogP contribution is -2.08. The number of hydrogen-bond donors (Lipinski definition) is 2. The van der Waals surface area contributed by atoms with Gasteiger partial charge >= 0.3 is 6.18 Å². The molecule has 21 heavy (non-hydrogen) atoms. The molecule has 3 nitrogen and oxygen atoms in total. The van der Waals surface area contributed by atoms with Crippen LogP contribution in [0.1, 0.15) is 5.56 Å². The van der Waals surface area contributed by atoms with Crippen molar-refractivity contribution in [3.8, 4) is 0 Å². The number of pyridine rings is 1.